The maximum absolute atomic E-state index is 12.2. The molecule has 0 saturated heterocycles. The standard InChI is InChI=1S/C11H21N3O2S/c1-4-5-9(2)14(3)17(15,16)11-6-10(7-12)13-8-11/h6,8-9,13H,4-5,7,12H2,1-3H3. The minimum absolute atomic E-state index is 0.00114. The molecule has 1 aromatic rings. The van der Waals surface area contributed by atoms with E-state index in [1.807, 2.05) is 13.8 Å². The van der Waals surface area contributed by atoms with Crippen LogP contribution in [0.2, 0.25) is 0 Å². The largest absolute Gasteiger partial charge is 0.363 e. The molecule has 98 valence electrons. The van der Waals surface area contributed by atoms with E-state index in [9.17, 15) is 8.42 Å². The van der Waals surface area contributed by atoms with Gasteiger partial charge < -0.3 is 10.7 Å². The summed E-state index contributed by atoms with van der Waals surface area (Å²) in [5.74, 6) is 0. The second-order valence-corrected chi connectivity index (χ2v) is 6.22. The van der Waals surface area contributed by atoms with Crippen LogP contribution in [0.1, 0.15) is 32.4 Å². The molecule has 0 amide bonds. The van der Waals surface area contributed by atoms with Crippen molar-refractivity contribution >= 4 is 10.0 Å². The highest BCUT2D eigenvalue weighted by Crippen LogP contribution is 2.19. The average molecular weight is 259 g/mol. The van der Waals surface area contributed by atoms with Crippen LogP contribution in [0.25, 0.3) is 0 Å². The molecule has 3 N–H and O–H groups in total. The minimum atomic E-state index is -3.40. The van der Waals surface area contributed by atoms with E-state index in [1.165, 1.54) is 10.5 Å². The van der Waals surface area contributed by atoms with E-state index in [0.717, 1.165) is 18.5 Å². The first-order valence-electron chi connectivity index (χ1n) is 5.78. The molecule has 0 spiro atoms. The topological polar surface area (TPSA) is 79.2 Å². The van der Waals surface area contributed by atoms with Gasteiger partial charge in [0.2, 0.25) is 10.0 Å². The van der Waals surface area contributed by atoms with Crippen molar-refractivity contribution in [3.8, 4) is 0 Å². The summed E-state index contributed by atoms with van der Waals surface area (Å²) in [6, 6.07) is 1.59. The van der Waals surface area contributed by atoms with E-state index >= 15 is 0 Å². The molecule has 1 unspecified atom stereocenters. The fraction of sp³-hybridized carbons (Fsp3) is 0.636. The van der Waals surface area contributed by atoms with E-state index < -0.39 is 10.0 Å². The number of hydrogen-bond acceptors (Lipinski definition) is 3. The fourth-order valence-corrected chi connectivity index (χ4v) is 3.10. The number of nitrogens with two attached hydrogens (primary N) is 1. The van der Waals surface area contributed by atoms with E-state index in [0.29, 0.717) is 6.54 Å². The summed E-state index contributed by atoms with van der Waals surface area (Å²) in [6.45, 7) is 4.26. The number of sulfonamides is 1. The van der Waals surface area contributed by atoms with E-state index in [4.69, 9.17) is 5.73 Å². The monoisotopic (exact) mass is 259 g/mol. The van der Waals surface area contributed by atoms with Gasteiger partial charge in [0, 0.05) is 31.5 Å². The van der Waals surface area contributed by atoms with Gasteiger partial charge in [-0.1, -0.05) is 13.3 Å². The molecular formula is C11H21N3O2S. The smallest absolute Gasteiger partial charge is 0.244 e. The number of aromatic nitrogens is 1. The van der Waals surface area contributed by atoms with Crippen molar-refractivity contribution < 1.29 is 8.42 Å². The molecule has 0 fully saturated rings. The molecule has 1 atom stereocenters. The molecule has 1 rings (SSSR count). The second kappa shape index (κ2) is 5.66. The van der Waals surface area contributed by atoms with Gasteiger partial charge >= 0.3 is 0 Å². The van der Waals surface area contributed by atoms with Gasteiger partial charge in [-0.15, -0.1) is 0 Å². The number of nitrogens with one attached hydrogen (secondary N) is 1. The van der Waals surface area contributed by atoms with Gasteiger partial charge in [-0.2, -0.15) is 4.31 Å². The van der Waals surface area contributed by atoms with Crippen LogP contribution < -0.4 is 5.73 Å². The number of H-pyrrole nitrogens is 1. The van der Waals surface area contributed by atoms with Crippen molar-refractivity contribution in [1.82, 2.24) is 9.29 Å². The molecule has 1 aromatic heterocycles. The molecule has 0 radical (unpaired) electrons. The molecule has 0 aliphatic heterocycles. The Morgan fingerprint density at radius 3 is 2.65 bits per heavy atom. The zero-order chi connectivity index (χ0) is 13.1. The van der Waals surface area contributed by atoms with Crippen LogP contribution in [-0.2, 0) is 16.6 Å². The number of hydrogen-bond donors (Lipinski definition) is 2. The highest BCUT2D eigenvalue weighted by Gasteiger charge is 2.25. The third-order valence-electron chi connectivity index (χ3n) is 2.94. The Morgan fingerprint density at radius 2 is 2.18 bits per heavy atom. The Hall–Kier alpha value is -0.850. The summed E-state index contributed by atoms with van der Waals surface area (Å²) in [5, 5.41) is 0. The minimum Gasteiger partial charge on any atom is -0.363 e. The molecule has 1 heterocycles. The van der Waals surface area contributed by atoms with Gasteiger partial charge in [0.25, 0.3) is 0 Å². The predicted molar refractivity (Wildman–Crippen MR) is 68.0 cm³/mol. The normalized spacial score (nSPS) is 14.2. The van der Waals surface area contributed by atoms with Crippen molar-refractivity contribution in [2.75, 3.05) is 7.05 Å². The molecule has 17 heavy (non-hydrogen) atoms. The molecule has 6 heteroatoms. The second-order valence-electron chi connectivity index (χ2n) is 4.22. The van der Waals surface area contributed by atoms with Crippen molar-refractivity contribution in [3.05, 3.63) is 18.0 Å². The maximum atomic E-state index is 12.2. The number of rotatable bonds is 6. The van der Waals surface area contributed by atoms with Crippen LogP contribution in [-0.4, -0.2) is 30.8 Å². The van der Waals surface area contributed by atoms with Crippen molar-refractivity contribution in [2.24, 2.45) is 5.73 Å². The van der Waals surface area contributed by atoms with Crippen molar-refractivity contribution in [2.45, 2.75) is 44.2 Å². The quantitative estimate of drug-likeness (QED) is 0.807. The Balaban J connectivity index is 2.94. The zero-order valence-electron chi connectivity index (χ0n) is 10.6. The lowest BCUT2D eigenvalue weighted by Crippen LogP contribution is -2.34. The average Bonchev–Trinajstić information content (AvgIpc) is 2.77. The summed E-state index contributed by atoms with van der Waals surface area (Å²) in [4.78, 5) is 3.14. The highest BCUT2D eigenvalue weighted by atomic mass is 32.2. The van der Waals surface area contributed by atoms with Gasteiger partial charge in [0.05, 0.1) is 4.90 Å². The number of aromatic amines is 1. The highest BCUT2D eigenvalue weighted by molar-refractivity contribution is 7.89. The SMILES string of the molecule is CCCC(C)N(C)S(=O)(=O)c1c[nH]c(CN)c1. The summed E-state index contributed by atoms with van der Waals surface area (Å²) < 4.78 is 25.9. The van der Waals surface area contributed by atoms with Crippen LogP contribution >= 0.6 is 0 Å². The summed E-state index contributed by atoms with van der Waals surface area (Å²) in [5.41, 5.74) is 6.17. The fourth-order valence-electron chi connectivity index (χ4n) is 1.69. The van der Waals surface area contributed by atoms with Gasteiger partial charge in [-0.05, 0) is 19.4 Å². The van der Waals surface area contributed by atoms with E-state index in [1.54, 1.807) is 13.1 Å². The molecule has 0 saturated carbocycles. The lowest BCUT2D eigenvalue weighted by molar-refractivity contribution is 0.369. The van der Waals surface area contributed by atoms with Gasteiger partial charge in [-0.3, -0.25) is 0 Å². The lowest BCUT2D eigenvalue weighted by atomic mass is 10.2. The third-order valence-corrected chi connectivity index (χ3v) is 4.89. The first-order chi connectivity index (χ1) is 7.93. The maximum Gasteiger partial charge on any atom is 0.244 e. The molecule has 5 nitrogen and oxygen atoms in total. The molecular weight excluding hydrogens is 238 g/mol. The van der Waals surface area contributed by atoms with Crippen molar-refractivity contribution in [1.29, 1.82) is 0 Å². The first-order valence-corrected chi connectivity index (χ1v) is 7.22. The summed E-state index contributed by atoms with van der Waals surface area (Å²) in [6.07, 6.45) is 3.30. The van der Waals surface area contributed by atoms with Crippen molar-refractivity contribution in [3.63, 3.8) is 0 Å². The molecule has 0 bridgehead atoms. The molecule has 0 aromatic carbocycles. The van der Waals surface area contributed by atoms with Crippen LogP contribution in [0, 0.1) is 0 Å². The van der Waals surface area contributed by atoms with E-state index in [-0.39, 0.29) is 10.9 Å². The predicted octanol–water partition coefficient (Wildman–Crippen LogP) is 1.28. The van der Waals surface area contributed by atoms with Crippen LogP contribution in [0.3, 0.4) is 0 Å². The third kappa shape index (κ3) is 3.08. The Morgan fingerprint density at radius 1 is 1.53 bits per heavy atom. The number of nitrogens with zero attached hydrogens (tertiary/aromatic N) is 1. The van der Waals surface area contributed by atoms with Crippen LogP contribution in [0.15, 0.2) is 17.2 Å². The van der Waals surface area contributed by atoms with E-state index in [2.05, 4.69) is 4.98 Å². The summed E-state index contributed by atoms with van der Waals surface area (Å²) in [7, 11) is -1.79. The Bertz CT molecular complexity index is 453. The molecule has 0 aliphatic rings. The lowest BCUT2D eigenvalue weighted by Gasteiger charge is -2.23. The molecule has 0 aliphatic carbocycles. The van der Waals surface area contributed by atoms with Gasteiger partial charge in [-0.25, -0.2) is 8.42 Å². The zero-order valence-corrected chi connectivity index (χ0v) is 11.4. The Labute approximate surface area is 103 Å². The first kappa shape index (κ1) is 14.2. The Kier molecular flexibility index (Phi) is 4.73. The van der Waals surface area contributed by atoms with Crippen LogP contribution in [0.5, 0.6) is 0 Å². The summed E-state index contributed by atoms with van der Waals surface area (Å²) >= 11 is 0. The van der Waals surface area contributed by atoms with Gasteiger partial charge in [0.15, 0.2) is 0 Å². The van der Waals surface area contributed by atoms with Gasteiger partial charge in [0.1, 0.15) is 0 Å². The van der Waals surface area contributed by atoms with Crippen LogP contribution in [0.4, 0.5) is 0 Å².